The van der Waals surface area contributed by atoms with E-state index in [1.807, 2.05) is 6.92 Å². The number of carbonyl (C=O) groups excluding carboxylic acids is 1. The molecule has 3 rings (SSSR count). The zero-order valence-corrected chi connectivity index (χ0v) is 13.5. The van der Waals surface area contributed by atoms with Gasteiger partial charge in [-0.3, -0.25) is 19.1 Å². The zero-order valence-electron chi connectivity index (χ0n) is 13.5. The van der Waals surface area contributed by atoms with Gasteiger partial charge in [0.15, 0.2) is 0 Å². The minimum absolute atomic E-state index is 0.0421. The van der Waals surface area contributed by atoms with Crippen LogP contribution in [0.4, 0.5) is 0 Å². The molecule has 1 fully saturated rings. The summed E-state index contributed by atoms with van der Waals surface area (Å²) < 4.78 is 6.87. The Labute approximate surface area is 137 Å². The maximum absolute atomic E-state index is 12.2. The van der Waals surface area contributed by atoms with Gasteiger partial charge in [0.1, 0.15) is 5.65 Å². The summed E-state index contributed by atoms with van der Waals surface area (Å²) in [5.74, 6) is -0.312. The molecule has 24 heavy (non-hydrogen) atoms. The molecular weight excluding hydrogens is 312 g/mol. The fourth-order valence-corrected chi connectivity index (χ4v) is 2.84. The van der Waals surface area contributed by atoms with Gasteiger partial charge in [-0.1, -0.05) is 6.92 Å². The second-order valence-corrected chi connectivity index (χ2v) is 5.85. The summed E-state index contributed by atoms with van der Waals surface area (Å²) in [5.41, 5.74) is -0.449. The molecule has 2 aromatic rings. The van der Waals surface area contributed by atoms with Gasteiger partial charge in [0.25, 0.3) is 11.5 Å². The molecule has 1 aliphatic rings. The van der Waals surface area contributed by atoms with Crippen molar-refractivity contribution in [3.63, 3.8) is 0 Å². The van der Waals surface area contributed by atoms with Crippen LogP contribution in [-0.4, -0.2) is 39.7 Å². The third-order valence-electron chi connectivity index (χ3n) is 4.06. The molecule has 8 heteroatoms. The third-order valence-corrected chi connectivity index (χ3v) is 4.06. The Kier molecular flexibility index (Phi) is 4.75. The minimum Gasteiger partial charge on any atom is -0.376 e. The number of hydrogen-bond donors (Lipinski definition) is 2. The van der Waals surface area contributed by atoms with Crippen molar-refractivity contribution in [2.45, 2.75) is 38.8 Å². The van der Waals surface area contributed by atoms with E-state index in [0.29, 0.717) is 18.7 Å². The third kappa shape index (κ3) is 3.23. The van der Waals surface area contributed by atoms with Crippen LogP contribution >= 0.6 is 0 Å². The molecule has 1 atom stereocenters. The first-order chi connectivity index (χ1) is 11.6. The molecule has 2 aromatic heterocycles. The SMILES string of the molecule is CCCn1c(=O)[nH]c(=O)c2cc(C(=O)NCC3CCCO3)cnc21. The van der Waals surface area contributed by atoms with Gasteiger partial charge in [-0.2, -0.15) is 0 Å². The number of nitrogens with zero attached hydrogens (tertiary/aromatic N) is 2. The van der Waals surface area contributed by atoms with E-state index in [2.05, 4.69) is 15.3 Å². The van der Waals surface area contributed by atoms with Crippen LogP contribution in [0, 0.1) is 0 Å². The molecule has 1 amide bonds. The molecule has 0 saturated carbocycles. The van der Waals surface area contributed by atoms with E-state index in [1.165, 1.54) is 16.8 Å². The normalized spacial score (nSPS) is 17.3. The average molecular weight is 332 g/mol. The lowest BCUT2D eigenvalue weighted by Gasteiger charge is -2.11. The molecule has 1 aliphatic heterocycles. The van der Waals surface area contributed by atoms with Gasteiger partial charge in [-0.25, -0.2) is 9.78 Å². The predicted molar refractivity (Wildman–Crippen MR) is 88.2 cm³/mol. The predicted octanol–water partition coefficient (Wildman–Crippen LogP) is 0.404. The number of ether oxygens (including phenoxy) is 1. The number of fused-ring (bicyclic) bond motifs is 1. The second-order valence-electron chi connectivity index (χ2n) is 5.85. The van der Waals surface area contributed by atoms with Gasteiger partial charge in [-0.15, -0.1) is 0 Å². The maximum Gasteiger partial charge on any atom is 0.329 e. The Bertz CT molecular complexity index is 864. The number of H-pyrrole nitrogens is 1. The Balaban J connectivity index is 1.89. The van der Waals surface area contributed by atoms with E-state index in [0.717, 1.165) is 25.9 Å². The molecule has 2 N–H and O–H groups in total. The van der Waals surface area contributed by atoms with Gasteiger partial charge in [0.2, 0.25) is 0 Å². The molecule has 0 radical (unpaired) electrons. The highest BCUT2D eigenvalue weighted by atomic mass is 16.5. The molecule has 0 aliphatic carbocycles. The molecule has 1 saturated heterocycles. The summed E-state index contributed by atoms with van der Waals surface area (Å²) in [7, 11) is 0. The van der Waals surface area contributed by atoms with Crippen LogP contribution in [0.5, 0.6) is 0 Å². The van der Waals surface area contributed by atoms with E-state index < -0.39 is 11.2 Å². The lowest BCUT2D eigenvalue weighted by atomic mass is 10.2. The van der Waals surface area contributed by atoms with Crippen molar-refractivity contribution >= 4 is 16.9 Å². The minimum atomic E-state index is -0.538. The first-order valence-corrected chi connectivity index (χ1v) is 8.13. The summed E-state index contributed by atoms with van der Waals surface area (Å²) in [6.45, 7) is 3.53. The fraction of sp³-hybridized carbons (Fsp3) is 0.500. The standard InChI is InChI=1S/C16H20N4O4/c1-2-5-20-13-12(15(22)19-16(20)23)7-10(8-17-13)14(21)18-9-11-4-3-6-24-11/h7-8,11H,2-6,9H2,1H3,(H,18,21)(H,19,22,23). The quantitative estimate of drug-likeness (QED) is 0.824. The van der Waals surface area contributed by atoms with Gasteiger partial charge in [-0.05, 0) is 25.3 Å². The maximum atomic E-state index is 12.2. The van der Waals surface area contributed by atoms with Gasteiger partial charge in [0.05, 0.1) is 17.1 Å². The van der Waals surface area contributed by atoms with Crippen LogP contribution in [0.15, 0.2) is 21.9 Å². The van der Waals surface area contributed by atoms with Crippen LogP contribution in [0.25, 0.3) is 11.0 Å². The molecule has 0 spiro atoms. The number of aromatic amines is 1. The molecule has 8 nitrogen and oxygen atoms in total. The Morgan fingerprint density at radius 3 is 3.04 bits per heavy atom. The van der Waals surface area contributed by atoms with Crippen molar-refractivity contribution in [1.29, 1.82) is 0 Å². The highest BCUT2D eigenvalue weighted by molar-refractivity contribution is 5.96. The van der Waals surface area contributed by atoms with Crippen molar-refractivity contribution in [3.8, 4) is 0 Å². The van der Waals surface area contributed by atoms with Gasteiger partial charge < -0.3 is 10.1 Å². The first-order valence-electron chi connectivity index (χ1n) is 8.13. The van der Waals surface area contributed by atoms with Gasteiger partial charge >= 0.3 is 5.69 Å². The van der Waals surface area contributed by atoms with Crippen LogP contribution in [0.3, 0.4) is 0 Å². The fourth-order valence-electron chi connectivity index (χ4n) is 2.84. The Hall–Kier alpha value is -2.48. The van der Waals surface area contributed by atoms with Crippen LogP contribution in [-0.2, 0) is 11.3 Å². The van der Waals surface area contributed by atoms with E-state index >= 15 is 0 Å². The molecular formula is C16H20N4O4. The van der Waals surface area contributed by atoms with Crippen molar-refractivity contribution < 1.29 is 9.53 Å². The number of hydrogen-bond acceptors (Lipinski definition) is 5. The largest absolute Gasteiger partial charge is 0.376 e. The highest BCUT2D eigenvalue weighted by Gasteiger charge is 2.17. The van der Waals surface area contributed by atoms with E-state index in [-0.39, 0.29) is 23.0 Å². The van der Waals surface area contributed by atoms with E-state index in [9.17, 15) is 14.4 Å². The zero-order chi connectivity index (χ0) is 17.1. The molecule has 0 aromatic carbocycles. The van der Waals surface area contributed by atoms with E-state index in [4.69, 9.17) is 4.74 Å². The average Bonchev–Trinajstić information content (AvgIpc) is 3.09. The Morgan fingerprint density at radius 2 is 2.33 bits per heavy atom. The van der Waals surface area contributed by atoms with E-state index in [1.54, 1.807) is 0 Å². The second kappa shape index (κ2) is 6.96. The number of nitrogens with one attached hydrogen (secondary N) is 2. The monoisotopic (exact) mass is 332 g/mol. The van der Waals surface area contributed by atoms with Crippen LogP contribution < -0.4 is 16.6 Å². The lowest BCUT2D eigenvalue weighted by Crippen LogP contribution is -2.33. The van der Waals surface area contributed by atoms with Gasteiger partial charge in [0, 0.05) is 25.9 Å². The smallest absolute Gasteiger partial charge is 0.329 e. The summed E-state index contributed by atoms with van der Waals surface area (Å²) in [6, 6.07) is 1.47. The van der Waals surface area contributed by atoms with Crippen LogP contribution in [0.1, 0.15) is 36.5 Å². The number of aryl methyl sites for hydroxylation is 1. The topological polar surface area (TPSA) is 106 Å². The summed E-state index contributed by atoms with van der Waals surface area (Å²) in [6.07, 6.45) is 4.09. The highest BCUT2D eigenvalue weighted by Crippen LogP contribution is 2.12. The summed E-state index contributed by atoms with van der Waals surface area (Å²) in [4.78, 5) is 42.6. The van der Waals surface area contributed by atoms with Crippen molar-refractivity contribution in [1.82, 2.24) is 19.9 Å². The number of amides is 1. The summed E-state index contributed by atoms with van der Waals surface area (Å²) >= 11 is 0. The van der Waals surface area contributed by atoms with Crippen LogP contribution in [0.2, 0.25) is 0 Å². The number of aromatic nitrogens is 3. The molecule has 0 bridgehead atoms. The summed E-state index contributed by atoms with van der Waals surface area (Å²) in [5, 5.41) is 3.02. The first kappa shape index (κ1) is 16.4. The lowest BCUT2D eigenvalue weighted by molar-refractivity contribution is 0.0857. The number of rotatable bonds is 5. The Morgan fingerprint density at radius 1 is 1.50 bits per heavy atom. The number of carbonyl (C=O) groups is 1. The van der Waals surface area contributed by atoms with Crippen molar-refractivity contribution in [3.05, 3.63) is 38.7 Å². The van der Waals surface area contributed by atoms with Crippen molar-refractivity contribution in [2.75, 3.05) is 13.2 Å². The molecule has 3 heterocycles. The number of pyridine rings is 1. The molecule has 128 valence electrons. The molecule has 1 unspecified atom stereocenters. The van der Waals surface area contributed by atoms with Crippen molar-refractivity contribution in [2.24, 2.45) is 0 Å².